The molecule has 3 rings (SSSR count). The first-order valence-corrected chi connectivity index (χ1v) is 7.75. The molecule has 0 saturated carbocycles. The Bertz CT molecular complexity index is 933. The molecule has 2 heterocycles. The number of fused-ring (bicyclic) bond motifs is 1. The summed E-state index contributed by atoms with van der Waals surface area (Å²) >= 11 is 0. The van der Waals surface area contributed by atoms with Gasteiger partial charge in [-0.3, -0.25) is 0 Å². The number of halogens is 3. The van der Waals surface area contributed by atoms with Crippen LogP contribution >= 0.6 is 0 Å². The summed E-state index contributed by atoms with van der Waals surface area (Å²) in [7, 11) is 2.64. The van der Waals surface area contributed by atoms with E-state index >= 15 is 0 Å². The molecule has 0 spiro atoms. The molecule has 25 heavy (non-hydrogen) atoms. The number of alkyl halides is 3. The van der Waals surface area contributed by atoms with Crippen molar-refractivity contribution in [3.8, 4) is 16.9 Å². The summed E-state index contributed by atoms with van der Waals surface area (Å²) in [5.74, 6) is -2.66. The van der Waals surface area contributed by atoms with Gasteiger partial charge in [-0.2, -0.15) is 13.9 Å². The van der Waals surface area contributed by atoms with Gasteiger partial charge in [-0.1, -0.05) is 6.07 Å². The second-order valence-corrected chi connectivity index (χ2v) is 6.50. The second kappa shape index (κ2) is 5.82. The molecule has 0 aliphatic heterocycles. The van der Waals surface area contributed by atoms with Gasteiger partial charge < -0.3 is 4.74 Å². The van der Waals surface area contributed by atoms with E-state index in [2.05, 4.69) is 10.1 Å². The number of aromatic nitrogens is 3. The van der Waals surface area contributed by atoms with Crippen LogP contribution in [0.4, 0.5) is 13.2 Å². The number of rotatable bonds is 4. The fraction of sp³-hybridized carbons (Fsp3) is 0.250. The Balaban J connectivity index is 2.04. The van der Waals surface area contributed by atoms with E-state index in [9.17, 15) is 13.2 Å². The number of hydrogen-bond acceptors (Lipinski definition) is 3. The lowest BCUT2D eigenvalue weighted by Crippen LogP contribution is -2.31. The van der Waals surface area contributed by atoms with E-state index in [1.807, 2.05) is 6.92 Å². The first-order chi connectivity index (χ1) is 11.5. The quantitative estimate of drug-likeness (QED) is 0.680. The molecule has 0 fully saturated rings. The lowest BCUT2D eigenvalue weighted by molar-refractivity contribution is 0.0148. The summed E-state index contributed by atoms with van der Waals surface area (Å²) in [5, 5.41) is 4.14. The van der Waals surface area contributed by atoms with Gasteiger partial charge in [-0.25, -0.2) is 13.9 Å². The van der Waals surface area contributed by atoms with Crippen LogP contribution in [-0.4, -0.2) is 35.9 Å². The van der Waals surface area contributed by atoms with Crippen LogP contribution in [0.5, 0.6) is 5.75 Å². The van der Waals surface area contributed by atoms with Crippen LogP contribution in [0.15, 0.2) is 36.8 Å². The third-order valence-corrected chi connectivity index (χ3v) is 3.68. The Morgan fingerprint density at radius 3 is 2.48 bits per heavy atom. The molecule has 1 aromatic carbocycles. The Morgan fingerprint density at radius 2 is 1.88 bits per heavy atom. The number of imidazole rings is 1. The van der Waals surface area contributed by atoms with Gasteiger partial charge in [-0.05, 0) is 36.2 Å². The molecule has 0 unspecified atom stereocenters. The third-order valence-electron chi connectivity index (χ3n) is 3.68. The van der Waals surface area contributed by atoms with Gasteiger partial charge in [0.15, 0.2) is 21.3 Å². The van der Waals surface area contributed by atoms with E-state index in [4.69, 9.17) is 4.74 Å². The molecule has 0 radical (unpaired) electrons. The van der Waals surface area contributed by atoms with Gasteiger partial charge in [0.2, 0.25) is 0 Å². The molecule has 0 aliphatic rings. The average molecular weight is 345 g/mol. The molecule has 0 saturated heterocycles. The minimum absolute atomic E-state index is 0.245. The largest absolute Gasteiger partial charge is 0.475 e. The Labute approximate surface area is 144 Å². The van der Waals surface area contributed by atoms with Crippen molar-refractivity contribution in [2.75, 3.05) is 0 Å². The average Bonchev–Trinajstić information content (AvgIpc) is 2.88. The predicted molar refractivity (Wildman–Crippen MR) is 94.3 cm³/mol. The maximum absolute atomic E-state index is 13.7. The van der Waals surface area contributed by atoms with Gasteiger partial charge in [0.25, 0.3) is 5.92 Å². The highest BCUT2D eigenvalue weighted by molar-refractivity contribution is 6.37. The minimum Gasteiger partial charge on any atom is -0.475 e. The fourth-order valence-electron chi connectivity index (χ4n) is 2.67. The van der Waals surface area contributed by atoms with E-state index in [1.165, 1.54) is 26.5 Å². The molecule has 0 amide bonds. The zero-order valence-corrected chi connectivity index (χ0v) is 14.3. The lowest BCUT2D eigenvalue weighted by atomic mass is 9.78. The van der Waals surface area contributed by atoms with Crippen molar-refractivity contribution in [2.45, 2.75) is 25.4 Å². The lowest BCUT2D eigenvalue weighted by Gasteiger charge is -2.19. The van der Waals surface area contributed by atoms with Crippen LogP contribution in [0.2, 0.25) is 0 Å². The van der Waals surface area contributed by atoms with Crippen LogP contribution in [-0.2, 0) is 5.92 Å². The summed E-state index contributed by atoms with van der Waals surface area (Å²) in [6.45, 7) is 2.64. The Kier molecular flexibility index (Phi) is 4.05. The van der Waals surface area contributed by atoms with E-state index in [0.717, 1.165) is 18.1 Å². The molecule has 0 aliphatic carbocycles. The van der Waals surface area contributed by atoms with Crippen molar-refractivity contribution >= 4 is 21.2 Å². The molecular formula is C16H16B2F3N3O. The van der Waals surface area contributed by atoms with E-state index < -0.39 is 11.6 Å². The summed E-state index contributed by atoms with van der Waals surface area (Å²) in [5.41, 5.74) is 0.422. The summed E-state index contributed by atoms with van der Waals surface area (Å²) in [4.78, 5) is 3.77. The van der Waals surface area contributed by atoms with E-state index in [0.29, 0.717) is 11.3 Å². The fourth-order valence-corrected chi connectivity index (χ4v) is 2.67. The SMILES string of the molecule is BC(B)(F)Oc1ccc(-c2cnn3cnc(C(C)(F)F)c3c2)c(C)c1. The van der Waals surface area contributed by atoms with Crippen LogP contribution < -0.4 is 4.74 Å². The number of ether oxygens (including phenoxy) is 1. The molecule has 9 heteroatoms. The van der Waals surface area contributed by atoms with Gasteiger partial charge in [-0.15, -0.1) is 0 Å². The van der Waals surface area contributed by atoms with Crippen molar-refractivity contribution in [1.29, 1.82) is 0 Å². The number of nitrogens with zero attached hydrogens (tertiary/aromatic N) is 3. The van der Waals surface area contributed by atoms with E-state index in [-0.39, 0.29) is 11.2 Å². The number of aryl methyl sites for hydroxylation is 1. The molecule has 128 valence electrons. The molecule has 2 aromatic heterocycles. The van der Waals surface area contributed by atoms with Crippen LogP contribution in [0.3, 0.4) is 0 Å². The molecule has 0 atom stereocenters. The standard InChI is InChI=1S/C16H16B2F3N3O/c1-9-5-11(25-16(17,18)21)3-4-12(9)10-6-13-14(15(2,19)20)22-8-24(13)23-7-10/h3-8H,17-18H2,1-2H3. The first-order valence-electron chi connectivity index (χ1n) is 7.75. The zero-order valence-electron chi connectivity index (χ0n) is 14.3. The molecule has 0 bridgehead atoms. The maximum Gasteiger partial charge on any atom is 0.289 e. The van der Waals surface area contributed by atoms with Crippen LogP contribution in [0.1, 0.15) is 18.2 Å². The molecule has 0 N–H and O–H groups in total. The predicted octanol–water partition coefficient (Wildman–Crippen LogP) is 2.04. The van der Waals surface area contributed by atoms with Crippen LogP contribution in [0.25, 0.3) is 16.6 Å². The van der Waals surface area contributed by atoms with Crippen molar-refractivity contribution in [1.82, 2.24) is 14.6 Å². The highest BCUT2D eigenvalue weighted by atomic mass is 19.3. The number of benzene rings is 1. The smallest absolute Gasteiger partial charge is 0.289 e. The topological polar surface area (TPSA) is 39.4 Å². The Hall–Kier alpha value is -2.44. The summed E-state index contributed by atoms with van der Waals surface area (Å²) in [6, 6.07) is 6.71. The molecule has 3 aromatic rings. The molecule has 4 nitrogen and oxygen atoms in total. The monoisotopic (exact) mass is 345 g/mol. The number of hydrogen-bond donors (Lipinski definition) is 0. The normalized spacial score (nSPS) is 12.5. The van der Waals surface area contributed by atoms with Crippen molar-refractivity contribution in [3.63, 3.8) is 0 Å². The first kappa shape index (κ1) is 17.4. The zero-order chi connectivity index (χ0) is 18.4. The van der Waals surface area contributed by atoms with Gasteiger partial charge in [0.05, 0.1) is 11.7 Å². The van der Waals surface area contributed by atoms with Crippen molar-refractivity contribution in [3.05, 3.63) is 48.0 Å². The van der Waals surface area contributed by atoms with Gasteiger partial charge in [0, 0.05) is 12.5 Å². The van der Waals surface area contributed by atoms with Crippen molar-refractivity contribution < 1.29 is 17.9 Å². The summed E-state index contributed by atoms with van der Waals surface area (Å²) in [6.07, 6.45) is 2.84. The maximum atomic E-state index is 13.7. The van der Waals surface area contributed by atoms with Crippen molar-refractivity contribution in [2.24, 2.45) is 0 Å². The molecular weight excluding hydrogens is 329 g/mol. The highest BCUT2D eigenvalue weighted by Crippen LogP contribution is 2.32. The summed E-state index contributed by atoms with van der Waals surface area (Å²) < 4.78 is 47.5. The van der Waals surface area contributed by atoms with Gasteiger partial charge >= 0.3 is 0 Å². The third kappa shape index (κ3) is 3.65. The van der Waals surface area contributed by atoms with Crippen LogP contribution in [0, 0.1) is 6.92 Å². The second-order valence-electron chi connectivity index (χ2n) is 6.50. The van der Waals surface area contributed by atoms with E-state index in [1.54, 1.807) is 30.5 Å². The minimum atomic E-state index is -3.06. The van der Waals surface area contributed by atoms with Gasteiger partial charge in [0.1, 0.15) is 17.8 Å². The highest BCUT2D eigenvalue weighted by Gasteiger charge is 2.30. The Morgan fingerprint density at radius 1 is 1.16 bits per heavy atom.